The van der Waals surface area contributed by atoms with E-state index >= 15 is 0 Å². The van der Waals surface area contributed by atoms with E-state index in [9.17, 15) is 36.4 Å². The van der Waals surface area contributed by atoms with Gasteiger partial charge in [-0.25, -0.2) is 14.8 Å². The third kappa shape index (κ3) is 7.73. The number of urea groups is 1. The van der Waals surface area contributed by atoms with Crippen LogP contribution in [0.1, 0.15) is 19.3 Å². The minimum Gasteiger partial charge on any atom is -0.361 e. The second kappa shape index (κ2) is 13.1. The predicted molar refractivity (Wildman–Crippen MR) is 162 cm³/mol. The van der Waals surface area contributed by atoms with Crippen LogP contribution in [0.2, 0.25) is 25.7 Å². The number of fused-ring (bicyclic) bond motifs is 1. The van der Waals surface area contributed by atoms with Crippen LogP contribution in [0, 0.1) is 11.3 Å². The number of hydrogen-bond acceptors (Lipinski definition) is 7. The van der Waals surface area contributed by atoms with E-state index in [0.717, 1.165) is 32.9 Å². The molecule has 1 aliphatic carbocycles. The number of carbonyl (C=O) groups excluding carboxylic acids is 1. The SMILES string of the molecule is C[Si](C)(C)CCOCn1ccc2c(-c3cnn(C4(CC#N)CC(N5CCN(C(=O)NC(C(F)(F)F)C(F)(F)F)CC5)C4)c3)ncnc21. The molecule has 0 bridgehead atoms. The van der Waals surface area contributed by atoms with Gasteiger partial charge in [-0.1, -0.05) is 19.6 Å². The van der Waals surface area contributed by atoms with E-state index in [1.54, 1.807) is 10.9 Å². The summed E-state index contributed by atoms with van der Waals surface area (Å²) < 4.78 is 86.9. The van der Waals surface area contributed by atoms with Crippen molar-refractivity contribution in [2.45, 2.75) is 81.7 Å². The Labute approximate surface area is 268 Å². The summed E-state index contributed by atoms with van der Waals surface area (Å²) in [6, 6.07) is -0.112. The first-order chi connectivity index (χ1) is 22.0. The Bertz CT molecular complexity index is 1580. The molecule has 256 valence electrons. The molecule has 11 nitrogen and oxygen atoms in total. The first-order valence-electron chi connectivity index (χ1n) is 15.2. The highest BCUT2D eigenvalue weighted by atomic mass is 28.3. The molecule has 1 N–H and O–H groups in total. The minimum absolute atomic E-state index is 0.0000453. The summed E-state index contributed by atoms with van der Waals surface area (Å²) in [6.45, 7) is 8.41. The summed E-state index contributed by atoms with van der Waals surface area (Å²) in [5, 5.41) is 16.2. The highest BCUT2D eigenvalue weighted by Gasteiger charge is 2.58. The third-order valence-corrected chi connectivity index (χ3v) is 10.5. The fourth-order valence-corrected chi connectivity index (χ4v) is 6.83. The summed E-state index contributed by atoms with van der Waals surface area (Å²) in [5.74, 6) is 0. The van der Waals surface area contributed by atoms with Crippen molar-refractivity contribution in [1.29, 1.82) is 5.26 Å². The molecule has 4 heterocycles. The summed E-state index contributed by atoms with van der Waals surface area (Å²) in [6.07, 6.45) is -3.07. The van der Waals surface area contributed by atoms with E-state index < -0.39 is 38.0 Å². The molecule has 5 rings (SSSR count). The number of carbonyl (C=O) groups is 1. The number of nitrogens with one attached hydrogen (secondary N) is 1. The molecule has 18 heteroatoms. The number of nitriles is 1. The third-order valence-electron chi connectivity index (χ3n) is 8.80. The quantitative estimate of drug-likeness (QED) is 0.177. The van der Waals surface area contributed by atoms with Crippen LogP contribution in [0.5, 0.6) is 0 Å². The van der Waals surface area contributed by atoms with Crippen molar-refractivity contribution in [1.82, 2.24) is 39.4 Å². The zero-order valence-corrected chi connectivity index (χ0v) is 27.3. The number of nitrogens with zero attached hydrogens (tertiary/aromatic N) is 8. The maximum absolute atomic E-state index is 12.9. The number of aromatic nitrogens is 5. The van der Waals surface area contributed by atoms with Gasteiger partial charge in [0.2, 0.25) is 6.04 Å². The van der Waals surface area contributed by atoms with Crippen LogP contribution in [-0.2, 0) is 17.0 Å². The molecular weight excluding hydrogens is 648 g/mol. The monoisotopic (exact) mass is 685 g/mol. The molecule has 0 unspecified atom stereocenters. The van der Waals surface area contributed by atoms with Crippen molar-refractivity contribution in [3.8, 4) is 17.3 Å². The lowest BCUT2D eigenvalue weighted by Gasteiger charge is -2.52. The van der Waals surface area contributed by atoms with Gasteiger partial charge >= 0.3 is 18.4 Å². The molecule has 0 aromatic carbocycles. The average Bonchev–Trinajstić information content (AvgIpc) is 3.62. The normalized spacial score (nSPS) is 21.2. The molecule has 1 aliphatic heterocycles. The van der Waals surface area contributed by atoms with Crippen LogP contribution in [0.15, 0.2) is 31.0 Å². The smallest absolute Gasteiger partial charge is 0.361 e. The Morgan fingerprint density at radius 3 is 2.43 bits per heavy atom. The first-order valence-corrected chi connectivity index (χ1v) is 18.9. The maximum Gasteiger partial charge on any atom is 0.417 e. The van der Waals surface area contributed by atoms with Crippen LogP contribution >= 0.6 is 0 Å². The highest BCUT2D eigenvalue weighted by Crippen LogP contribution is 2.45. The van der Waals surface area contributed by atoms with Crippen molar-refractivity contribution >= 4 is 25.1 Å². The van der Waals surface area contributed by atoms with Crippen molar-refractivity contribution in [3.05, 3.63) is 31.0 Å². The fourth-order valence-electron chi connectivity index (χ4n) is 6.07. The molecule has 3 aromatic heterocycles. The lowest BCUT2D eigenvalue weighted by molar-refractivity contribution is -0.255. The molecule has 2 amide bonds. The van der Waals surface area contributed by atoms with Gasteiger partial charge in [-0.2, -0.15) is 36.7 Å². The standard InChI is InChI=1S/C29H37F6N9O2Si/c1-47(2,3)13-12-46-19-43-7-4-22-23(37-18-38-24(22)43)20-16-39-44(17-20)27(5-6-36)14-21(15-27)41-8-10-42(11-9-41)26(45)40-25(28(30,31)32)29(33,34)35/h4,7,16-18,21,25H,5,8-15,19H2,1-3H3,(H,40,45). The van der Waals surface area contributed by atoms with Gasteiger partial charge in [0.25, 0.3) is 0 Å². The van der Waals surface area contributed by atoms with Gasteiger partial charge in [-0.15, -0.1) is 0 Å². The molecule has 1 saturated heterocycles. The van der Waals surface area contributed by atoms with Gasteiger partial charge in [-0.05, 0) is 25.0 Å². The fraction of sp³-hybridized carbons (Fsp3) is 0.621. The first kappa shape index (κ1) is 34.6. The number of halogens is 6. The van der Waals surface area contributed by atoms with Crippen molar-refractivity contribution < 1.29 is 35.9 Å². The number of ether oxygens (including phenoxy) is 1. The largest absolute Gasteiger partial charge is 0.417 e. The van der Waals surface area contributed by atoms with Crippen LogP contribution in [0.25, 0.3) is 22.3 Å². The van der Waals surface area contributed by atoms with Gasteiger partial charge < -0.3 is 19.5 Å². The second-order valence-electron chi connectivity index (χ2n) is 13.4. The van der Waals surface area contributed by atoms with Gasteiger partial charge in [0.1, 0.15) is 18.7 Å². The van der Waals surface area contributed by atoms with Crippen LogP contribution in [-0.4, -0.2) is 105 Å². The predicted octanol–water partition coefficient (Wildman–Crippen LogP) is 5.20. The lowest BCUT2D eigenvalue weighted by atomic mass is 9.70. The van der Waals surface area contributed by atoms with E-state index in [1.807, 2.05) is 27.9 Å². The number of alkyl halides is 6. The number of piperazine rings is 1. The Morgan fingerprint density at radius 1 is 1.13 bits per heavy atom. The lowest BCUT2D eigenvalue weighted by Crippen LogP contribution is -2.63. The van der Waals surface area contributed by atoms with Crippen molar-refractivity contribution in [2.24, 2.45) is 0 Å². The number of rotatable bonds is 10. The van der Waals surface area contributed by atoms with Crippen molar-refractivity contribution in [3.63, 3.8) is 0 Å². The molecule has 2 fully saturated rings. The number of hydrogen-bond donors (Lipinski definition) is 1. The Kier molecular flexibility index (Phi) is 9.63. The molecule has 0 atom stereocenters. The molecule has 0 spiro atoms. The maximum atomic E-state index is 12.9. The van der Waals surface area contributed by atoms with E-state index in [2.05, 4.69) is 40.8 Å². The van der Waals surface area contributed by atoms with Crippen LogP contribution in [0.3, 0.4) is 0 Å². The molecule has 1 saturated carbocycles. The van der Waals surface area contributed by atoms with E-state index in [4.69, 9.17) is 4.74 Å². The molecule has 2 aliphatic rings. The summed E-state index contributed by atoms with van der Waals surface area (Å²) in [5.41, 5.74) is 1.58. The Morgan fingerprint density at radius 2 is 1.81 bits per heavy atom. The van der Waals surface area contributed by atoms with Gasteiger partial charge in [-0.3, -0.25) is 9.58 Å². The average molecular weight is 686 g/mol. The zero-order chi connectivity index (χ0) is 34.2. The Hall–Kier alpha value is -3.69. The van der Waals surface area contributed by atoms with Gasteiger partial charge in [0.05, 0.1) is 29.9 Å². The van der Waals surface area contributed by atoms with E-state index in [-0.39, 0.29) is 38.6 Å². The zero-order valence-electron chi connectivity index (χ0n) is 26.3. The van der Waals surface area contributed by atoms with E-state index in [0.29, 0.717) is 31.9 Å². The Balaban J connectivity index is 1.21. The second-order valence-corrected chi connectivity index (χ2v) is 19.0. The van der Waals surface area contributed by atoms with Gasteiger partial charge in [0, 0.05) is 70.2 Å². The van der Waals surface area contributed by atoms with Crippen LogP contribution < -0.4 is 5.32 Å². The topological polar surface area (TPSA) is 117 Å². The molecular formula is C29H37F6N9O2Si. The highest BCUT2D eigenvalue weighted by molar-refractivity contribution is 6.76. The van der Waals surface area contributed by atoms with Gasteiger partial charge in [0.15, 0.2) is 0 Å². The van der Waals surface area contributed by atoms with Crippen LogP contribution in [0.4, 0.5) is 31.1 Å². The van der Waals surface area contributed by atoms with E-state index in [1.165, 1.54) is 6.33 Å². The summed E-state index contributed by atoms with van der Waals surface area (Å²) in [4.78, 5) is 24.2. The minimum atomic E-state index is -5.66. The molecule has 47 heavy (non-hydrogen) atoms. The molecule has 3 aromatic rings. The summed E-state index contributed by atoms with van der Waals surface area (Å²) in [7, 11) is -1.21. The number of amides is 2. The van der Waals surface area contributed by atoms with Crippen molar-refractivity contribution in [2.75, 3.05) is 32.8 Å². The molecule has 0 radical (unpaired) electrons. The summed E-state index contributed by atoms with van der Waals surface area (Å²) >= 11 is 0.